The Morgan fingerprint density at radius 2 is 2.00 bits per heavy atom. The number of hydrogen-bond donors (Lipinski definition) is 0. The molecule has 1 aromatic rings. The van der Waals surface area contributed by atoms with Gasteiger partial charge in [0.1, 0.15) is 4.90 Å². The van der Waals surface area contributed by atoms with Gasteiger partial charge in [0.15, 0.2) is 0 Å². The van der Waals surface area contributed by atoms with Gasteiger partial charge in [-0.1, -0.05) is 6.07 Å². The topological polar surface area (TPSA) is 43.4 Å². The smallest absolute Gasteiger partial charge is 0.270 e. The van der Waals surface area contributed by atoms with Crippen LogP contribution in [0.1, 0.15) is 5.56 Å². The van der Waals surface area contributed by atoms with Crippen molar-refractivity contribution in [2.75, 3.05) is 7.11 Å². The van der Waals surface area contributed by atoms with Crippen molar-refractivity contribution in [1.82, 2.24) is 0 Å². The summed E-state index contributed by atoms with van der Waals surface area (Å²) in [7, 11) is -2.45. The van der Waals surface area contributed by atoms with E-state index in [9.17, 15) is 8.42 Å². The van der Waals surface area contributed by atoms with E-state index < -0.39 is 10.1 Å². The third kappa shape index (κ3) is 2.30. The molecule has 0 heterocycles. The fourth-order valence-corrected chi connectivity index (χ4v) is 2.70. The predicted octanol–water partition coefficient (Wildman–Crippen LogP) is 2.09. The third-order valence-corrected chi connectivity index (χ3v) is 3.83. The van der Waals surface area contributed by atoms with Crippen molar-refractivity contribution in [3.63, 3.8) is 0 Å². The first kappa shape index (κ1) is 10.7. The third-order valence-electron chi connectivity index (χ3n) is 1.58. The second kappa shape index (κ2) is 3.77. The van der Waals surface area contributed by atoms with Gasteiger partial charge in [0, 0.05) is 4.47 Å². The van der Waals surface area contributed by atoms with Gasteiger partial charge in [0.05, 0.1) is 7.11 Å². The van der Waals surface area contributed by atoms with Crippen molar-refractivity contribution in [2.24, 2.45) is 0 Å². The van der Waals surface area contributed by atoms with Gasteiger partial charge in [-0.2, -0.15) is 8.42 Å². The van der Waals surface area contributed by atoms with Crippen molar-refractivity contribution < 1.29 is 12.6 Å². The van der Waals surface area contributed by atoms with Crippen molar-refractivity contribution in [3.05, 3.63) is 28.2 Å². The number of halogens is 1. The van der Waals surface area contributed by atoms with E-state index in [1.54, 1.807) is 12.1 Å². The summed E-state index contributed by atoms with van der Waals surface area (Å²) in [6.45, 7) is 1.88. The minimum atomic E-state index is -3.59. The Bertz CT molecular complexity index is 411. The highest BCUT2D eigenvalue weighted by molar-refractivity contribution is 9.10. The molecule has 0 bridgehead atoms. The van der Waals surface area contributed by atoms with E-state index in [0.29, 0.717) is 4.47 Å². The molecule has 0 fully saturated rings. The van der Waals surface area contributed by atoms with Gasteiger partial charge in [-0.3, -0.25) is 4.18 Å². The first-order valence-electron chi connectivity index (χ1n) is 3.54. The molecule has 5 heteroatoms. The second-order valence-electron chi connectivity index (χ2n) is 2.55. The maximum absolute atomic E-state index is 11.3. The van der Waals surface area contributed by atoms with Gasteiger partial charge in [-0.05, 0) is 40.5 Å². The van der Waals surface area contributed by atoms with Gasteiger partial charge < -0.3 is 0 Å². The molecule has 0 aliphatic rings. The molecule has 0 radical (unpaired) electrons. The molecule has 0 aromatic heterocycles. The predicted molar refractivity (Wildman–Crippen MR) is 53.1 cm³/mol. The number of aryl methyl sites for hydroxylation is 1. The number of hydrogen-bond acceptors (Lipinski definition) is 3. The monoisotopic (exact) mass is 264 g/mol. The van der Waals surface area contributed by atoms with E-state index in [1.165, 1.54) is 6.07 Å². The van der Waals surface area contributed by atoms with Gasteiger partial charge in [-0.25, -0.2) is 0 Å². The van der Waals surface area contributed by atoms with Crippen molar-refractivity contribution >= 4 is 26.0 Å². The van der Waals surface area contributed by atoms with Crippen molar-refractivity contribution in [3.8, 4) is 0 Å². The minimum Gasteiger partial charge on any atom is -0.270 e. The van der Waals surface area contributed by atoms with E-state index in [-0.39, 0.29) is 4.90 Å². The lowest BCUT2D eigenvalue weighted by molar-refractivity contribution is 0.397. The van der Waals surface area contributed by atoms with Crippen LogP contribution in [0.15, 0.2) is 27.6 Å². The van der Waals surface area contributed by atoms with Crippen LogP contribution in [0.4, 0.5) is 0 Å². The van der Waals surface area contributed by atoms with E-state index in [4.69, 9.17) is 0 Å². The molecular formula is C8H9BrO3S. The minimum absolute atomic E-state index is 0.153. The molecule has 0 N–H and O–H groups in total. The summed E-state index contributed by atoms with van der Waals surface area (Å²) in [5, 5.41) is 0. The quantitative estimate of drug-likeness (QED) is 0.769. The summed E-state index contributed by atoms with van der Waals surface area (Å²) in [6.07, 6.45) is 0. The summed E-state index contributed by atoms with van der Waals surface area (Å²) >= 11 is 3.16. The van der Waals surface area contributed by atoms with E-state index in [1.807, 2.05) is 6.92 Å². The Kier molecular flexibility index (Phi) is 3.10. The SMILES string of the molecule is COS(=O)(=O)c1ccc(C)cc1Br. The first-order valence-corrected chi connectivity index (χ1v) is 5.74. The molecule has 0 aliphatic heterocycles. The fourth-order valence-electron chi connectivity index (χ4n) is 0.898. The lowest BCUT2D eigenvalue weighted by Gasteiger charge is -2.04. The van der Waals surface area contributed by atoms with E-state index in [0.717, 1.165) is 12.7 Å². The van der Waals surface area contributed by atoms with Crippen LogP contribution < -0.4 is 0 Å². The highest BCUT2D eigenvalue weighted by Crippen LogP contribution is 2.23. The summed E-state index contributed by atoms with van der Waals surface area (Å²) in [6, 6.07) is 4.96. The van der Waals surface area contributed by atoms with Gasteiger partial charge in [0.25, 0.3) is 10.1 Å². The van der Waals surface area contributed by atoms with Crippen LogP contribution in [-0.2, 0) is 14.3 Å². The van der Waals surface area contributed by atoms with Gasteiger partial charge in [-0.15, -0.1) is 0 Å². The van der Waals surface area contributed by atoms with Gasteiger partial charge in [0.2, 0.25) is 0 Å². The molecule has 0 unspecified atom stereocenters. The summed E-state index contributed by atoms with van der Waals surface area (Å²) in [5.41, 5.74) is 0.988. The molecule has 0 saturated heterocycles. The standard InChI is InChI=1S/C8H9BrO3S/c1-6-3-4-8(7(9)5-6)13(10,11)12-2/h3-5H,1-2H3. The normalized spacial score (nSPS) is 11.6. The second-order valence-corrected chi connectivity index (χ2v) is 5.09. The molecule has 13 heavy (non-hydrogen) atoms. The molecule has 3 nitrogen and oxygen atoms in total. The molecule has 1 aromatic carbocycles. The van der Waals surface area contributed by atoms with Crippen molar-refractivity contribution in [2.45, 2.75) is 11.8 Å². The molecule has 0 atom stereocenters. The molecule has 0 aliphatic carbocycles. The zero-order chi connectivity index (χ0) is 10.1. The Labute approximate surface area is 86.0 Å². The largest absolute Gasteiger partial charge is 0.297 e. The van der Waals surface area contributed by atoms with Crippen LogP contribution in [0.25, 0.3) is 0 Å². The van der Waals surface area contributed by atoms with Crippen LogP contribution in [-0.4, -0.2) is 15.5 Å². The summed E-state index contributed by atoms with van der Waals surface area (Å²) in [5.74, 6) is 0. The molecule has 1 rings (SSSR count). The lowest BCUT2D eigenvalue weighted by Crippen LogP contribution is -2.03. The van der Waals surface area contributed by atoms with Crippen LogP contribution >= 0.6 is 15.9 Å². The first-order chi connectivity index (χ1) is 5.97. The highest BCUT2D eigenvalue weighted by Gasteiger charge is 2.16. The van der Waals surface area contributed by atoms with Crippen LogP contribution in [0.2, 0.25) is 0 Å². The molecule has 0 saturated carbocycles. The Balaban J connectivity index is 3.33. The molecule has 72 valence electrons. The Morgan fingerprint density at radius 3 is 2.46 bits per heavy atom. The number of rotatable bonds is 2. The zero-order valence-corrected chi connectivity index (χ0v) is 9.65. The van der Waals surface area contributed by atoms with Crippen LogP contribution in [0, 0.1) is 6.92 Å². The zero-order valence-electron chi connectivity index (χ0n) is 7.24. The number of benzene rings is 1. The van der Waals surface area contributed by atoms with Gasteiger partial charge >= 0.3 is 0 Å². The Hall–Kier alpha value is -0.390. The van der Waals surface area contributed by atoms with Crippen molar-refractivity contribution in [1.29, 1.82) is 0 Å². The molecular weight excluding hydrogens is 256 g/mol. The molecule has 0 spiro atoms. The van der Waals surface area contributed by atoms with E-state index >= 15 is 0 Å². The van der Waals surface area contributed by atoms with E-state index in [2.05, 4.69) is 20.1 Å². The molecule has 0 amide bonds. The maximum atomic E-state index is 11.3. The fraction of sp³-hybridized carbons (Fsp3) is 0.250. The van der Waals surface area contributed by atoms with Crippen LogP contribution in [0.5, 0.6) is 0 Å². The Morgan fingerprint density at radius 1 is 1.38 bits per heavy atom. The van der Waals surface area contributed by atoms with Crippen LogP contribution in [0.3, 0.4) is 0 Å². The lowest BCUT2D eigenvalue weighted by atomic mass is 10.2. The maximum Gasteiger partial charge on any atom is 0.297 e. The highest BCUT2D eigenvalue weighted by atomic mass is 79.9. The summed E-state index contributed by atoms with van der Waals surface area (Å²) in [4.78, 5) is 0.153. The average Bonchev–Trinajstić information content (AvgIpc) is 2.03. The summed E-state index contributed by atoms with van der Waals surface area (Å²) < 4.78 is 27.5. The average molecular weight is 265 g/mol.